The highest BCUT2D eigenvalue weighted by molar-refractivity contribution is 7.87. The Bertz CT molecular complexity index is 392. The van der Waals surface area contributed by atoms with Crippen LogP contribution in [0.15, 0.2) is 0 Å². The van der Waals surface area contributed by atoms with Gasteiger partial charge >= 0.3 is 0 Å². The smallest absolute Gasteiger partial charge is 0.279 e. The van der Waals surface area contributed by atoms with Crippen LogP contribution < -0.4 is 10.0 Å². The molecule has 2 fully saturated rings. The highest BCUT2D eigenvalue weighted by Crippen LogP contribution is 2.20. The van der Waals surface area contributed by atoms with Gasteiger partial charge in [-0.3, -0.25) is 0 Å². The monoisotopic (exact) mass is 319 g/mol. The van der Waals surface area contributed by atoms with Crippen molar-refractivity contribution < 1.29 is 13.2 Å². The molecular weight excluding hydrogens is 290 g/mol. The van der Waals surface area contributed by atoms with Crippen LogP contribution in [0.2, 0.25) is 0 Å². The van der Waals surface area contributed by atoms with Crippen molar-refractivity contribution in [2.75, 3.05) is 33.3 Å². The maximum Gasteiger partial charge on any atom is 0.279 e. The van der Waals surface area contributed by atoms with E-state index >= 15 is 0 Å². The number of nitrogens with zero attached hydrogens (tertiary/aromatic N) is 1. The zero-order chi connectivity index (χ0) is 15.1. The summed E-state index contributed by atoms with van der Waals surface area (Å²) in [6.45, 7) is 2.23. The molecule has 0 atom stereocenters. The van der Waals surface area contributed by atoms with Gasteiger partial charge in [-0.15, -0.1) is 0 Å². The summed E-state index contributed by atoms with van der Waals surface area (Å²) in [5.41, 5.74) is 0. The Balaban J connectivity index is 1.53. The molecule has 0 radical (unpaired) electrons. The lowest BCUT2D eigenvalue weighted by molar-refractivity contribution is 0.0624. The maximum absolute atomic E-state index is 12.0. The van der Waals surface area contributed by atoms with Crippen molar-refractivity contribution in [3.8, 4) is 0 Å². The highest BCUT2D eigenvalue weighted by Gasteiger charge is 2.21. The van der Waals surface area contributed by atoms with E-state index in [2.05, 4.69) is 10.0 Å². The third-order valence-electron chi connectivity index (χ3n) is 4.11. The van der Waals surface area contributed by atoms with Crippen LogP contribution in [0, 0.1) is 0 Å². The minimum Gasteiger partial charge on any atom is -0.377 e. The van der Waals surface area contributed by atoms with Gasteiger partial charge in [-0.1, -0.05) is 12.8 Å². The van der Waals surface area contributed by atoms with Gasteiger partial charge in [0.1, 0.15) is 0 Å². The van der Waals surface area contributed by atoms with Crippen LogP contribution in [0.3, 0.4) is 0 Å². The van der Waals surface area contributed by atoms with Crippen molar-refractivity contribution in [2.24, 2.45) is 0 Å². The molecule has 2 aliphatic rings. The van der Waals surface area contributed by atoms with Gasteiger partial charge in [0.2, 0.25) is 0 Å². The summed E-state index contributed by atoms with van der Waals surface area (Å²) in [5, 5.41) is 3.39. The van der Waals surface area contributed by atoms with Crippen LogP contribution in [0.25, 0.3) is 0 Å². The van der Waals surface area contributed by atoms with Crippen molar-refractivity contribution in [2.45, 2.75) is 57.1 Å². The second-order valence-corrected chi connectivity index (χ2v) is 7.94. The molecule has 2 saturated carbocycles. The summed E-state index contributed by atoms with van der Waals surface area (Å²) >= 11 is 0. The molecular formula is C14H29N3O3S. The molecule has 2 aliphatic carbocycles. The van der Waals surface area contributed by atoms with Crippen molar-refractivity contribution in [1.29, 1.82) is 0 Å². The first-order chi connectivity index (χ1) is 10.1. The second-order valence-electron chi connectivity index (χ2n) is 6.08. The molecule has 0 saturated heterocycles. The predicted molar refractivity (Wildman–Crippen MR) is 83.4 cm³/mol. The summed E-state index contributed by atoms with van der Waals surface area (Å²) in [6, 6.07) is 0.678. The molecule has 2 N–H and O–H groups in total. The number of hydrogen-bond donors (Lipinski definition) is 2. The molecule has 0 aromatic rings. The zero-order valence-electron chi connectivity index (χ0n) is 13.0. The average Bonchev–Trinajstić information content (AvgIpc) is 3.13. The predicted octanol–water partition coefficient (Wildman–Crippen LogP) is 0.854. The molecule has 124 valence electrons. The first-order valence-corrected chi connectivity index (χ1v) is 9.58. The number of hydrogen-bond acceptors (Lipinski definition) is 4. The van der Waals surface area contributed by atoms with E-state index in [-0.39, 0.29) is 0 Å². The van der Waals surface area contributed by atoms with Gasteiger partial charge in [-0.25, -0.2) is 0 Å². The van der Waals surface area contributed by atoms with Gasteiger partial charge in [0.05, 0.1) is 12.7 Å². The molecule has 21 heavy (non-hydrogen) atoms. The molecule has 2 rings (SSSR count). The molecule has 0 unspecified atom stereocenters. The van der Waals surface area contributed by atoms with Crippen molar-refractivity contribution in [1.82, 2.24) is 14.3 Å². The van der Waals surface area contributed by atoms with Gasteiger partial charge in [0.25, 0.3) is 10.2 Å². The van der Waals surface area contributed by atoms with Crippen LogP contribution in [0.1, 0.15) is 44.9 Å². The first-order valence-electron chi connectivity index (χ1n) is 8.14. The molecule has 0 bridgehead atoms. The molecule has 0 aromatic heterocycles. The Labute approximate surface area is 128 Å². The van der Waals surface area contributed by atoms with Crippen LogP contribution >= 0.6 is 0 Å². The van der Waals surface area contributed by atoms with E-state index in [1.165, 1.54) is 30.0 Å². The summed E-state index contributed by atoms with van der Waals surface area (Å²) < 4.78 is 33.6. The second kappa shape index (κ2) is 8.43. The Kier molecular flexibility index (Phi) is 6.88. The van der Waals surface area contributed by atoms with Crippen molar-refractivity contribution in [3.05, 3.63) is 0 Å². The molecule has 0 aliphatic heterocycles. The fourth-order valence-corrected chi connectivity index (χ4v) is 3.51. The van der Waals surface area contributed by atoms with Gasteiger partial charge in [-0.2, -0.15) is 17.4 Å². The van der Waals surface area contributed by atoms with Gasteiger partial charge in [0, 0.05) is 26.2 Å². The third-order valence-corrected chi connectivity index (χ3v) is 5.68. The lowest BCUT2D eigenvalue weighted by Crippen LogP contribution is -2.41. The van der Waals surface area contributed by atoms with Crippen molar-refractivity contribution >= 4 is 10.2 Å². The normalized spacial score (nSPS) is 20.5. The Hall–Kier alpha value is -0.210. The number of ether oxygens (including phenoxy) is 1. The molecule has 6 nitrogen and oxygen atoms in total. The van der Waals surface area contributed by atoms with E-state index in [9.17, 15) is 8.42 Å². The summed E-state index contributed by atoms with van der Waals surface area (Å²) in [6.07, 6.45) is 8.38. The quantitative estimate of drug-likeness (QED) is 0.554. The van der Waals surface area contributed by atoms with E-state index in [4.69, 9.17) is 4.74 Å². The van der Waals surface area contributed by atoms with Crippen molar-refractivity contribution in [3.63, 3.8) is 0 Å². The largest absolute Gasteiger partial charge is 0.377 e. The zero-order valence-corrected chi connectivity index (χ0v) is 13.8. The Morgan fingerprint density at radius 2 is 1.86 bits per heavy atom. The average molecular weight is 319 g/mol. The molecule has 0 aromatic carbocycles. The minimum absolute atomic E-state index is 0.334. The topological polar surface area (TPSA) is 70.7 Å². The van der Waals surface area contributed by atoms with E-state index in [1.54, 1.807) is 7.05 Å². The van der Waals surface area contributed by atoms with Crippen LogP contribution in [-0.2, 0) is 14.9 Å². The van der Waals surface area contributed by atoms with Gasteiger partial charge in [-0.05, 0) is 38.6 Å². The highest BCUT2D eigenvalue weighted by atomic mass is 32.2. The third kappa shape index (κ3) is 6.61. The maximum atomic E-state index is 12.0. The summed E-state index contributed by atoms with van der Waals surface area (Å²) in [5.74, 6) is 0. The van der Waals surface area contributed by atoms with Crippen LogP contribution in [-0.4, -0.2) is 58.2 Å². The summed E-state index contributed by atoms with van der Waals surface area (Å²) in [7, 11) is -1.74. The van der Waals surface area contributed by atoms with Crippen LogP contribution in [0.5, 0.6) is 0 Å². The fraction of sp³-hybridized carbons (Fsp3) is 1.00. The minimum atomic E-state index is -3.37. The fourth-order valence-electron chi connectivity index (χ4n) is 2.58. The Morgan fingerprint density at radius 1 is 1.14 bits per heavy atom. The SMILES string of the molecule is CN(CCCNC1CC1)S(=O)(=O)NCCOC1CCCC1. The molecule has 0 spiro atoms. The van der Waals surface area contributed by atoms with Gasteiger partial charge < -0.3 is 10.1 Å². The lowest BCUT2D eigenvalue weighted by Gasteiger charge is -2.18. The first kappa shape index (κ1) is 17.1. The standard InChI is InChI=1S/C14H29N3O3S/c1-17(11-4-9-15-13-7-8-13)21(18,19)16-10-12-20-14-5-2-3-6-14/h13-16H,2-12H2,1H3. The molecule has 0 amide bonds. The number of nitrogens with one attached hydrogen (secondary N) is 2. The Morgan fingerprint density at radius 3 is 2.52 bits per heavy atom. The molecule has 7 heteroatoms. The summed E-state index contributed by atoms with van der Waals surface area (Å²) in [4.78, 5) is 0. The van der Waals surface area contributed by atoms with E-state index < -0.39 is 10.2 Å². The van der Waals surface area contributed by atoms with E-state index in [0.29, 0.717) is 31.8 Å². The molecule has 0 heterocycles. The van der Waals surface area contributed by atoms with Crippen LogP contribution in [0.4, 0.5) is 0 Å². The number of rotatable bonds is 11. The lowest BCUT2D eigenvalue weighted by atomic mass is 10.3. The van der Waals surface area contributed by atoms with Gasteiger partial charge in [0.15, 0.2) is 0 Å². The van der Waals surface area contributed by atoms with E-state index in [1.807, 2.05) is 0 Å². The van der Waals surface area contributed by atoms with E-state index in [0.717, 1.165) is 25.8 Å².